The molecule has 0 saturated carbocycles. The molecular formula is C12H16N2O3S. The SMILES string of the molecule is COc1ccc(NC(=O)C(CS)NC(C)=O)cc1. The van der Waals surface area contributed by atoms with E-state index in [2.05, 4.69) is 23.3 Å². The standard InChI is InChI=1S/C12H16N2O3S/c1-8(15)13-11(7-18)12(16)14-9-3-5-10(17-2)6-4-9/h3-6,11,18H,7H2,1-2H3,(H,13,15)(H,14,16). The van der Waals surface area contributed by atoms with Gasteiger partial charge in [-0.05, 0) is 24.3 Å². The highest BCUT2D eigenvalue weighted by Crippen LogP contribution is 2.15. The van der Waals surface area contributed by atoms with Gasteiger partial charge in [-0.25, -0.2) is 0 Å². The molecule has 1 rings (SSSR count). The lowest BCUT2D eigenvalue weighted by molar-refractivity contribution is -0.124. The number of rotatable bonds is 5. The van der Waals surface area contributed by atoms with Crippen LogP contribution < -0.4 is 15.4 Å². The molecule has 0 aromatic heterocycles. The van der Waals surface area contributed by atoms with E-state index in [1.807, 2.05) is 0 Å². The highest BCUT2D eigenvalue weighted by Gasteiger charge is 2.17. The molecule has 0 spiro atoms. The van der Waals surface area contributed by atoms with Gasteiger partial charge in [-0.1, -0.05) is 0 Å². The second-order valence-electron chi connectivity index (χ2n) is 3.65. The van der Waals surface area contributed by atoms with Gasteiger partial charge < -0.3 is 15.4 Å². The molecule has 18 heavy (non-hydrogen) atoms. The van der Waals surface area contributed by atoms with E-state index in [0.29, 0.717) is 11.4 Å². The molecule has 2 N–H and O–H groups in total. The maximum atomic E-state index is 11.8. The van der Waals surface area contributed by atoms with Crippen molar-refractivity contribution >= 4 is 30.1 Å². The Labute approximate surface area is 111 Å². The molecule has 98 valence electrons. The van der Waals surface area contributed by atoms with E-state index in [0.717, 1.165) is 0 Å². The Balaban J connectivity index is 2.64. The van der Waals surface area contributed by atoms with Gasteiger partial charge in [-0.3, -0.25) is 9.59 Å². The van der Waals surface area contributed by atoms with Crippen molar-refractivity contribution < 1.29 is 14.3 Å². The molecule has 0 aliphatic heterocycles. The summed E-state index contributed by atoms with van der Waals surface area (Å²) in [7, 11) is 1.57. The van der Waals surface area contributed by atoms with Gasteiger partial charge in [0.25, 0.3) is 0 Å². The van der Waals surface area contributed by atoms with Gasteiger partial charge in [0.2, 0.25) is 11.8 Å². The predicted molar refractivity (Wildman–Crippen MR) is 73.1 cm³/mol. The summed E-state index contributed by atoms with van der Waals surface area (Å²) in [6.07, 6.45) is 0. The largest absolute Gasteiger partial charge is 0.497 e. The average Bonchev–Trinajstić information content (AvgIpc) is 2.36. The zero-order chi connectivity index (χ0) is 13.5. The highest BCUT2D eigenvalue weighted by molar-refractivity contribution is 7.80. The number of thiol groups is 1. The van der Waals surface area contributed by atoms with Crippen molar-refractivity contribution in [2.24, 2.45) is 0 Å². The highest BCUT2D eigenvalue weighted by atomic mass is 32.1. The Kier molecular flexibility index (Phi) is 5.51. The van der Waals surface area contributed by atoms with Crippen LogP contribution in [0, 0.1) is 0 Å². The van der Waals surface area contributed by atoms with Crippen molar-refractivity contribution in [3.63, 3.8) is 0 Å². The van der Waals surface area contributed by atoms with E-state index >= 15 is 0 Å². The minimum Gasteiger partial charge on any atom is -0.497 e. The van der Waals surface area contributed by atoms with Crippen LogP contribution in [-0.2, 0) is 9.59 Å². The Bertz CT molecular complexity index is 420. The summed E-state index contributed by atoms with van der Waals surface area (Å²) >= 11 is 4.03. The predicted octanol–water partition coefficient (Wildman–Crippen LogP) is 1.07. The molecule has 0 saturated heterocycles. The summed E-state index contributed by atoms with van der Waals surface area (Å²) in [6.45, 7) is 1.36. The number of methoxy groups -OCH3 is 1. The molecular weight excluding hydrogens is 252 g/mol. The third-order valence-corrected chi connectivity index (χ3v) is 2.60. The zero-order valence-corrected chi connectivity index (χ0v) is 11.2. The molecule has 0 heterocycles. The monoisotopic (exact) mass is 268 g/mol. The molecule has 1 aromatic rings. The first-order valence-electron chi connectivity index (χ1n) is 5.39. The lowest BCUT2D eigenvalue weighted by Gasteiger charge is -2.15. The van der Waals surface area contributed by atoms with Crippen LogP contribution in [0.3, 0.4) is 0 Å². The number of amides is 2. The summed E-state index contributed by atoms with van der Waals surface area (Å²) < 4.78 is 5.01. The zero-order valence-electron chi connectivity index (χ0n) is 10.3. The smallest absolute Gasteiger partial charge is 0.247 e. The van der Waals surface area contributed by atoms with Crippen molar-refractivity contribution in [3.8, 4) is 5.75 Å². The van der Waals surface area contributed by atoms with Crippen LogP contribution in [0.1, 0.15) is 6.92 Å². The van der Waals surface area contributed by atoms with Crippen molar-refractivity contribution in [1.82, 2.24) is 5.32 Å². The average molecular weight is 268 g/mol. The van der Waals surface area contributed by atoms with Gasteiger partial charge in [-0.15, -0.1) is 0 Å². The number of carbonyl (C=O) groups excluding carboxylic acids is 2. The minimum atomic E-state index is -0.645. The van der Waals surface area contributed by atoms with Gasteiger partial charge in [0.15, 0.2) is 0 Å². The number of hydrogen-bond donors (Lipinski definition) is 3. The lowest BCUT2D eigenvalue weighted by atomic mass is 10.2. The van der Waals surface area contributed by atoms with Gasteiger partial charge in [0.05, 0.1) is 7.11 Å². The van der Waals surface area contributed by atoms with Crippen molar-refractivity contribution in [1.29, 1.82) is 0 Å². The first-order valence-corrected chi connectivity index (χ1v) is 6.03. The molecule has 6 heteroatoms. The summed E-state index contributed by atoms with van der Waals surface area (Å²) in [5.74, 6) is 0.381. The number of ether oxygens (including phenoxy) is 1. The van der Waals surface area contributed by atoms with E-state index in [-0.39, 0.29) is 17.6 Å². The third-order valence-electron chi connectivity index (χ3n) is 2.23. The molecule has 0 aliphatic rings. The molecule has 2 amide bonds. The Morgan fingerprint density at radius 1 is 1.33 bits per heavy atom. The minimum absolute atomic E-state index is 0.238. The van der Waals surface area contributed by atoms with Gasteiger partial charge in [-0.2, -0.15) is 12.6 Å². The molecule has 1 atom stereocenters. The number of hydrogen-bond acceptors (Lipinski definition) is 4. The number of carbonyl (C=O) groups is 2. The van der Waals surface area contributed by atoms with E-state index in [1.54, 1.807) is 31.4 Å². The second kappa shape index (κ2) is 6.90. The van der Waals surface area contributed by atoms with Gasteiger partial charge in [0, 0.05) is 18.4 Å². The van der Waals surface area contributed by atoms with Crippen molar-refractivity contribution in [2.45, 2.75) is 13.0 Å². The van der Waals surface area contributed by atoms with Crippen molar-refractivity contribution in [3.05, 3.63) is 24.3 Å². The summed E-state index contributed by atoms with van der Waals surface area (Å²) in [5, 5.41) is 5.21. The molecule has 5 nitrogen and oxygen atoms in total. The molecule has 0 radical (unpaired) electrons. The summed E-state index contributed by atoms with van der Waals surface area (Å²) in [5.41, 5.74) is 0.637. The molecule has 0 bridgehead atoms. The Morgan fingerprint density at radius 3 is 2.39 bits per heavy atom. The number of anilines is 1. The van der Waals surface area contributed by atoms with Crippen molar-refractivity contribution in [2.75, 3.05) is 18.2 Å². The van der Waals surface area contributed by atoms with Crippen LogP contribution in [0.15, 0.2) is 24.3 Å². The number of benzene rings is 1. The normalized spacial score (nSPS) is 11.5. The fraction of sp³-hybridized carbons (Fsp3) is 0.333. The molecule has 1 unspecified atom stereocenters. The maximum absolute atomic E-state index is 11.8. The van der Waals surface area contributed by atoms with Gasteiger partial charge >= 0.3 is 0 Å². The van der Waals surface area contributed by atoms with Gasteiger partial charge in [0.1, 0.15) is 11.8 Å². The topological polar surface area (TPSA) is 67.4 Å². The van der Waals surface area contributed by atoms with E-state index in [9.17, 15) is 9.59 Å². The summed E-state index contributed by atoms with van der Waals surface area (Å²) in [4.78, 5) is 22.7. The fourth-order valence-corrected chi connectivity index (χ4v) is 1.60. The maximum Gasteiger partial charge on any atom is 0.247 e. The van der Waals surface area contributed by atoms with Crippen LogP contribution in [0.2, 0.25) is 0 Å². The van der Waals surface area contributed by atoms with Crippen LogP contribution >= 0.6 is 12.6 Å². The van der Waals surface area contributed by atoms with E-state index < -0.39 is 6.04 Å². The molecule has 0 fully saturated rings. The quantitative estimate of drug-likeness (QED) is 0.700. The van der Waals surface area contributed by atoms with Crippen LogP contribution in [0.4, 0.5) is 5.69 Å². The second-order valence-corrected chi connectivity index (χ2v) is 4.02. The molecule has 0 aliphatic carbocycles. The van der Waals surface area contributed by atoms with Crippen LogP contribution in [0.25, 0.3) is 0 Å². The van der Waals surface area contributed by atoms with E-state index in [4.69, 9.17) is 4.74 Å². The first kappa shape index (κ1) is 14.4. The van der Waals surface area contributed by atoms with E-state index in [1.165, 1.54) is 6.92 Å². The lowest BCUT2D eigenvalue weighted by Crippen LogP contribution is -2.44. The summed E-state index contributed by atoms with van der Waals surface area (Å²) in [6, 6.07) is 6.28. The third kappa shape index (κ3) is 4.29. The Morgan fingerprint density at radius 2 is 1.94 bits per heavy atom. The fourth-order valence-electron chi connectivity index (χ4n) is 1.34. The van der Waals surface area contributed by atoms with Crippen LogP contribution in [0.5, 0.6) is 5.75 Å². The van der Waals surface area contributed by atoms with Crippen LogP contribution in [-0.4, -0.2) is 30.7 Å². The Hall–Kier alpha value is -1.69. The molecule has 1 aromatic carbocycles. The number of nitrogens with one attached hydrogen (secondary N) is 2. The first-order chi connectivity index (χ1) is 8.56.